The third-order valence-electron chi connectivity index (χ3n) is 4.00. The van der Waals surface area contributed by atoms with Gasteiger partial charge in [-0.3, -0.25) is 14.4 Å². The first-order chi connectivity index (χ1) is 12.8. The van der Waals surface area contributed by atoms with Crippen LogP contribution >= 0.6 is 11.8 Å². The minimum absolute atomic E-state index is 0.108. The van der Waals surface area contributed by atoms with Gasteiger partial charge in [0.05, 0.1) is 0 Å². The van der Waals surface area contributed by atoms with Crippen LogP contribution in [0.15, 0.2) is 35.2 Å². The van der Waals surface area contributed by atoms with Crippen LogP contribution in [0.4, 0.5) is 0 Å². The van der Waals surface area contributed by atoms with Gasteiger partial charge in [0.2, 0.25) is 0 Å². The van der Waals surface area contributed by atoms with Crippen molar-refractivity contribution in [3.8, 4) is 0 Å². The molecule has 0 N–H and O–H groups in total. The highest BCUT2D eigenvalue weighted by Crippen LogP contribution is 2.39. The zero-order valence-electron chi connectivity index (χ0n) is 15.7. The van der Waals surface area contributed by atoms with Crippen LogP contribution in [0.5, 0.6) is 0 Å². The lowest BCUT2D eigenvalue weighted by molar-refractivity contribution is -0.217. The summed E-state index contributed by atoms with van der Waals surface area (Å²) >= 11 is 1.47. The van der Waals surface area contributed by atoms with Crippen molar-refractivity contribution in [3.05, 3.63) is 30.3 Å². The highest BCUT2D eigenvalue weighted by atomic mass is 32.2. The van der Waals surface area contributed by atoms with E-state index in [1.807, 2.05) is 37.3 Å². The van der Waals surface area contributed by atoms with E-state index in [-0.39, 0.29) is 18.0 Å². The number of thioether (sulfide) groups is 1. The molecule has 0 radical (unpaired) electrons. The summed E-state index contributed by atoms with van der Waals surface area (Å²) in [5, 5.41) is 0. The van der Waals surface area contributed by atoms with Crippen LogP contribution in [0.25, 0.3) is 0 Å². The van der Waals surface area contributed by atoms with Crippen LogP contribution in [-0.2, 0) is 33.3 Å². The lowest BCUT2D eigenvalue weighted by Gasteiger charge is -2.43. The van der Waals surface area contributed by atoms with Crippen molar-refractivity contribution in [1.82, 2.24) is 0 Å². The summed E-state index contributed by atoms with van der Waals surface area (Å²) < 4.78 is 22.0. The van der Waals surface area contributed by atoms with Crippen molar-refractivity contribution in [2.45, 2.75) is 56.3 Å². The van der Waals surface area contributed by atoms with Crippen LogP contribution in [0.1, 0.15) is 27.7 Å². The fourth-order valence-electron chi connectivity index (χ4n) is 2.84. The predicted molar refractivity (Wildman–Crippen MR) is 97.9 cm³/mol. The third-order valence-corrected chi connectivity index (χ3v) is 5.31. The number of ether oxygens (including phenoxy) is 4. The van der Waals surface area contributed by atoms with Gasteiger partial charge in [0, 0.05) is 31.6 Å². The molecule has 0 bridgehead atoms. The second kappa shape index (κ2) is 9.75. The highest BCUT2D eigenvalue weighted by Gasteiger charge is 2.48. The molecule has 0 spiro atoms. The summed E-state index contributed by atoms with van der Waals surface area (Å²) in [6, 6.07) is 9.63. The molecule has 1 aliphatic rings. The molecule has 0 aromatic heterocycles. The van der Waals surface area contributed by atoms with Gasteiger partial charge in [-0.15, -0.1) is 0 Å². The van der Waals surface area contributed by atoms with E-state index in [1.54, 1.807) is 0 Å². The van der Waals surface area contributed by atoms with Gasteiger partial charge in [-0.05, 0) is 12.1 Å². The largest absolute Gasteiger partial charge is 0.463 e. The van der Waals surface area contributed by atoms with Gasteiger partial charge in [0.1, 0.15) is 24.3 Å². The molecule has 27 heavy (non-hydrogen) atoms. The molecule has 0 amide bonds. The molecule has 2 unspecified atom stereocenters. The van der Waals surface area contributed by atoms with E-state index < -0.39 is 36.2 Å². The van der Waals surface area contributed by atoms with E-state index in [0.717, 1.165) is 4.90 Å². The van der Waals surface area contributed by atoms with E-state index in [2.05, 4.69) is 0 Å². The number of hydrogen-bond acceptors (Lipinski definition) is 8. The van der Waals surface area contributed by atoms with E-state index >= 15 is 0 Å². The van der Waals surface area contributed by atoms with Gasteiger partial charge in [0.25, 0.3) is 0 Å². The first-order valence-electron chi connectivity index (χ1n) is 8.63. The standard InChI is InChI=1S/C19H24O7S/c1-11-17(24-13(3)21)18(25-14(4)22)16(10-23-12(2)20)26-19(11)27-15-8-6-5-7-9-15/h5-9,11,16-19H,10H2,1-4H3/t11?,16?,17-,18-,19+/m1/s1. The molecule has 1 aromatic rings. The van der Waals surface area contributed by atoms with Crippen LogP contribution in [0.3, 0.4) is 0 Å². The second-order valence-electron chi connectivity index (χ2n) is 6.28. The Kier molecular flexibility index (Phi) is 7.67. The monoisotopic (exact) mass is 396 g/mol. The number of carbonyl (C=O) groups is 3. The van der Waals surface area contributed by atoms with Crippen molar-refractivity contribution >= 4 is 29.7 Å². The molecule has 8 heteroatoms. The zero-order valence-corrected chi connectivity index (χ0v) is 16.6. The minimum atomic E-state index is -0.867. The van der Waals surface area contributed by atoms with Gasteiger partial charge >= 0.3 is 17.9 Å². The number of rotatable bonds is 6. The van der Waals surface area contributed by atoms with Gasteiger partial charge in [0.15, 0.2) is 6.10 Å². The van der Waals surface area contributed by atoms with Crippen molar-refractivity contribution in [1.29, 1.82) is 0 Å². The summed E-state index contributed by atoms with van der Waals surface area (Å²) in [5.41, 5.74) is -0.385. The van der Waals surface area contributed by atoms with Crippen LogP contribution in [0, 0.1) is 5.92 Å². The zero-order chi connectivity index (χ0) is 20.0. The van der Waals surface area contributed by atoms with E-state index in [0.29, 0.717) is 0 Å². The number of esters is 3. The summed E-state index contributed by atoms with van der Waals surface area (Å²) in [6.45, 7) is 5.61. The van der Waals surface area contributed by atoms with Crippen LogP contribution in [0.2, 0.25) is 0 Å². The maximum atomic E-state index is 11.6. The molecular formula is C19H24O7S. The molecule has 7 nitrogen and oxygen atoms in total. The Morgan fingerprint density at radius 1 is 0.963 bits per heavy atom. The van der Waals surface area contributed by atoms with Crippen molar-refractivity contribution in [2.24, 2.45) is 5.92 Å². The van der Waals surface area contributed by atoms with Gasteiger partial charge in [-0.1, -0.05) is 36.9 Å². The Balaban J connectivity index is 2.27. The first-order valence-corrected chi connectivity index (χ1v) is 9.51. The van der Waals surface area contributed by atoms with Gasteiger partial charge in [-0.2, -0.15) is 0 Å². The Bertz CT molecular complexity index is 663. The van der Waals surface area contributed by atoms with Crippen molar-refractivity contribution < 1.29 is 33.3 Å². The SMILES string of the molecule is CC(=O)OCC1O[C@@H](Sc2ccccc2)C(C)[C@@H](OC(C)=O)[C@@H]1OC(C)=O. The molecule has 5 atom stereocenters. The van der Waals surface area contributed by atoms with Crippen molar-refractivity contribution in [2.75, 3.05) is 6.61 Å². The molecule has 1 fully saturated rings. The average Bonchev–Trinajstić information content (AvgIpc) is 2.59. The quantitative estimate of drug-likeness (QED) is 0.535. The smallest absolute Gasteiger partial charge is 0.303 e. The Labute approximate surface area is 162 Å². The third kappa shape index (κ3) is 6.25. The molecule has 1 aromatic carbocycles. The summed E-state index contributed by atoms with van der Waals surface area (Å²) in [7, 11) is 0. The maximum absolute atomic E-state index is 11.6. The van der Waals surface area contributed by atoms with E-state index in [9.17, 15) is 14.4 Å². The molecule has 1 aliphatic heterocycles. The second-order valence-corrected chi connectivity index (χ2v) is 7.46. The molecular weight excluding hydrogens is 372 g/mol. The molecule has 0 saturated carbocycles. The van der Waals surface area contributed by atoms with Crippen LogP contribution in [-0.4, -0.2) is 48.3 Å². The first kappa shape index (κ1) is 21.2. The highest BCUT2D eigenvalue weighted by molar-refractivity contribution is 7.99. The van der Waals surface area contributed by atoms with E-state index in [1.165, 1.54) is 32.5 Å². The van der Waals surface area contributed by atoms with Crippen molar-refractivity contribution in [3.63, 3.8) is 0 Å². The fraction of sp³-hybridized carbons (Fsp3) is 0.526. The maximum Gasteiger partial charge on any atom is 0.303 e. The minimum Gasteiger partial charge on any atom is -0.463 e. The van der Waals surface area contributed by atoms with Gasteiger partial charge in [-0.25, -0.2) is 0 Å². The molecule has 1 heterocycles. The number of carbonyl (C=O) groups excluding carboxylic acids is 3. The summed E-state index contributed by atoms with van der Waals surface area (Å²) in [6.07, 6.45) is -2.34. The Hall–Kier alpha value is -2.06. The normalized spacial score (nSPS) is 27.5. The Morgan fingerprint density at radius 2 is 1.56 bits per heavy atom. The number of hydrogen-bond donors (Lipinski definition) is 0. The molecule has 148 valence electrons. The van der Waals surface area contributed by atoms with Crippen LogP contribution < -0.4 is 0 Å². The molecule has 1 saturated heterocycles. The van der Waals surface area contributed by atoms with E-state index in [4.69, 9.17) is 18.9 Å². The lowest BCUT2D eigenvalue weighted by atomic mass is 9.93. The molecule has 0 aliphatic carbocycles. The lowest BCUT2D eigenvalue weighted by Crippen LogP contribution is -2.57. The topological polar surface area (TPSA) is 88.1 Å². The fourth-order valence-corrected chi connectivity index (χ4v) is 3.99. The summed E-state index contributed by atoms with van der Waals surface area (Å²) in [4.78, 5) is 35.4. The Morgan fingerprint density at radius 3 is 2.11 bits per heavy atom. The average molecular weight is 396 g/mol. The van der Waals surface area contributed by atoms with Gasteiger partial charge < -0.3 is 18.9 Å². The number of benzene rings is 1. The predicted octanol–water partition coefficient (Wildman–Crippen LogP) is 2.57. The summed E-state index contributed by atoms with van der Waals surface area (Å²) in [5.74, 6) is -1.76. The molecule has 2 rings (SSSR count).